The summed E-state index contributed by atoms with van der Waals surface area (Å²) in [5.74, 6) is -13.0. The first-order chi connectivity index (χ1) is 19.1. The normalized spacial score (nSPS) is 17.4. The van der Waals surface area contributed by atoms with Crippen molar-refractivity contribution in [3.8, 4) is 5.69 Å². The number of carbonyl (C=O) groups is 1. The highest BCUT2D eigenvalue weighted by molar-refractivity contribution is 5.97. The lowest BCUT2D eigenvalue weighted by molar-refractivity contribution is -0.292. The molecule has 1 aromatic carbocycles. The maximum atomic E-state index is 15.2. The summed E-state index contributed by atoms with van der Waals surface area (Å²) >= 11 is 0. The third-order valence-corrected chi connectivity index (χ3v) is 7.08. The maximum absolute atomic E-state index is 15.2. The van der Waals surface area contributed by atoms with Crippen molar-refractivity contribution in [2.45, 2.75) is 31.5 Å². The minimum absolute atomic E-state index is 0.228. The van der Waals surface area contributed by atoms with E-state index in [2.05, 4.69) is 4.98 Å². The highest BCUT2D eigenvalue weighted by Crippen LogP contribution is 2.41. The molecule has 5 rings (SSSR count). The van der Waals surface area contributed by atoms with Crippen molar-refractivity contribution in [3.05, 3.63) is 63.5 Å². The molecule has 7 nitrogen and oxygen atoms in total. The fourth-order valence-electron chi connectivity index (χ4n) is 4.90. The van der Waals surface area contributed by atoms with Crippen molar-refractivity contribution in [1.82, 2.24) is 14.9 Å². The molecule has 2 saturated heterocycles. The highest BCUT2D eigenvalue weighted by atomic mass is 19.4. The van der Waals surface area contributed by atoms with Crippen LogP contribution >= 0.6 is 0 Å². The Hall–Kier alpha value is -3.82. The quantitative estimate of drug-likeness (QED) is 0.426. The van der Waals surface area contributed by atoms with Gasteiger partial charge >= 0.3 is 12.1 Å². The van der Waals surface area contributed by atoms with Gasteiger partial charge in [-0.25, -0.2) is 22.5 Å². The lowest BCUT2D eigenvalue weighted by atomic mass is 9.78. The Kier molecular flexibility index (Phi) is 6.74. The summed E-state index contributed by atoms with van der Waals surface area (Å²) in [4.78, 5) is 31.6. The molecule has 1 atom stereocenters. The van der Waals surface area contributed by atoms with E-state index in [0.717, 1.165) is 6.92 Å². The third-order valence-electron chi connectivity index (χ3n) is 7.08. The van der Waals surface area contributed by atoms with Crippen LogP contribution in [-0.4, -0.2) is 59.9 Å². The second kappa shape index (κ2) is 9.63. The largest absolute Gasteiger partial charge is 0.455 e. The van der Waals surface area contributed by atoms with Crippen LogP contribution in [0.1, 0.15) is 23.7 Å². The van der Waals surface area contributed by atoms with Crippen LogP contribution in [-0.2, 0) is 4.74 Å². The molecule has 41 heavy (non-hydrogen) atoms. The van der Waals surface area contributed by atoms with Crippen LogP contribution in [0.2, 0.25) is 0 Å². The van der Waals surface area contributed by atoms with Crippen molar-refractivity contribution < 1.29 is 49.0 Å². The lowest BCUT2D eigenvalue weighted by Crippen LogP contribution is -2.66. The molecule has 3 aromatic rings. The van der Waals surface area contributed by atoms with Crippen LogP contribution in [0.4, 0.5) is 45.3 Å². The number of rotatable bonds is 6. The van der Waals surface area contributed by atoms with E-state index < -0.39 is 81.5 Å². The molecule has 0 bridgehead atoms. The Morgan fingerprint density at radius 3 is 2.17 bits per heavy atom. The standard InChI is InChI=1S/C25H19F9N4O3/c1-2-17(24(30,31)25(32,33)34)35-22(40)13-6-38(18-14(27)3-11(26)4-15(18)28)20-12(19(13)39)5-16(29)21(36-20)37-7-23(8-37)9-41-10-23/h3-6,17H,2,7-10H2,1H3,(H,35,40). The molecule has 2 fully saturated rings. The minimum Gasteiger partial charge on any atom is -0.380 e. The summed E-state index contributed by atoms with van der Waals surface area (Å²) in [5.41, 5.74) is -4.41. The second-order valence-electron chi connectivity index (χ2n) is 10.0. The number of carbonyl (C=O) groups excluding carboxylic acids is 1. The molecule has 0 radical (unpaired) electrons. The van der Waals surface area contributed by atoms with Crippen molar-refractivity contribution in [2.75, 3.05) is 31.2 Å². The van der Waals surface area contributed by atoms with Crippen LogP contribution < -0.4 is 15.6 Å². The molecular weight excluding hydrogens is 575 g/mol. The molecule has 1 spiro atoms. The smallest absolute Gasteiger partial charge is 0.380 e. The number of ether oxygens (including phenoxy) is 1. The van der Waals surface area contributed by atoms with Gasteiger partial charge in [0.2, 0.25) is 5.43 Å². The minimum atomic E-state index is -6.06. The van der Waals surface area contributed by atoms with Crippen LogP contribution in [0.5, 0.6) is 0 Å². The molecule has 220 valence electrons. The molecule has 1 N–H and O–H groups in total. The second-order valence-corrected chi connectivity index (χ2v) is 10.0. The van der Waals surface area contributed by atoms with Crippen molar-refractivity contribution in [3.63, 3.8) is 0 Å². The molecule has 0 saturated carbocycles. The van der Waals surface area contributed by atoms with Gasteiger partial charge in [-0.05, 0) is 12.5 Å². The van der Waals surface area contributed by atoms with E-state index in [9.17, 15) is 44.7 Å². The first kappa shape index (κ1) is 28.7. The van der Waals surface area contributed by atoms with Gasteiger partial charge in [-0.2, -0.15) is 22.0 Å². The van der Waals surface area contributed by atoms with Gasteiger partial charge in [0.25, 0.3) is 5.91 Å². The fraction of sp³-hybridized carbons (Fsp3) is 0.400. The number of alkyl halides is 5. The Balaban J connectivity index is 1.67. The lowest BCUT2D eigenvalue weighted by Gasteiger charge is -2.55. The fourth-order valence-corrected chi connectivity index (χ4v) is 4.90. The van der Waals surface area contributed by atoms with E-state index >= 15 is 4.39 Å². The average molecular weight is 594 g/mol. The van der Waals surface area contributed by atoms with Crippen molar-refractivity contribution in [2.24, 2.45) is 5.41 Å². The Morgan fingerprint density at radius 2 is 1.66 bits per heavy atom. The average Bonchev–Trinajstić information content (AvgIpc) is 2.81. The zero-order chi connectivity index (χ0) is 30.1. The van der Waals surface area contributed by atoms with Crippen molar-refractivity contribution in [1.29, 1.82) is 0 Å². The van der Waals surface area contributed by atoms with Crippen LogP contribution in [0, 0.1) is 28.7 Å². The van der Waals surface area contributed by atoms with Gasteiger partial charge in [0.15, 0.2) is 28.9 Å². The first-order valence-corrected chi connectivity index (χ1v) is 12.1. The van der Waals surface area contributed by atoms with Gasteiger partial charge in [-0.1, -0.05) is 6.92 Å². The molecule has 2 aliphatic heterocycles. The molecule has 2 aromatic heterocycles. The number of benzene rings is 1. The number of halogens is 9. The molecule has 4 heterocycles. The van der Waals surface area contributed by atoms with Crippen LogP contribution in [0.25, 0.3) is 16.7 Å². The van der Waals surface area contributed by atoms with Gasteiger partial charge in [0.1, 0.15) is 23.1 Å². The zero-order valence-electron chi connectivity index (χ0n) is 20.9. The number of fused-ring (bicyclic) bond motifs is 1. The summed E-state index contributed by atoms with van der Waals surface area (Å²) in [7, 11) is 0. The van der Waals surface area contributed by atoms with Crippen molar-refractivity contribution >= 4 is 22.8 Å². The Morgan fingerprint density at radius 1 is 1.05 bits per heavy atom. The number of aromatic nitrogens is 2. The zero-order valence-corrected chi connectivity index (χ0v) is 20.9. The van der Waals surface area contributed by atoms with Crippen LogP contribution in [0.3, 0.4) is 0 Å². The van der Waals surface area contributed by atoms with E-state index in [0.29, 0.717) is 43.1 Å². The summed E-state index contributed by atoms with van der Waals surface area (Å²) < 4.78 is 131. The molecular formula is C25H19F9N4O3. The summed E-state index contributed by atoms with van der Waals surface area (Å²) in [5, 5.41) is 0.683. The van der Waals surface area contributed by atoms with Gasteiger partial charge in [-0.15, -0.1) is 0 Å². The topological polar surface area (TPSA) is 76.5 Å². The molecule has 1 unspecified atom stereocenters. The number of anilines is 1. The Bertz CT molecular complexity index is 1590. The summed E-state index contributed by atoms with van der Waals surface area (Å²) in [6, 6.07) is -1.70. The van der Waals surface area contributed by atoms with E-state index in [1.165, 1.54) is 10.2 Å². The van der Waals surface area contributed by atoms with E-state index in [4.69, 9.17) is 4.74 Å². The van der Waals surface area contributed by atoms with Crippen LogP contribution in [0.15, 0.2) is 29.2 Å². The predicted octanol–water partition coefficient (Wildman–Crippen LogP) is 4.48. The van der Waals surface area contributed by atoms with E-state index in [-0.39, 0.29) is 23.4 Å². The monoisotopic (exact) mass is 594 g/mol. The van der Waals surface area contributed by atoms with Gasteiger partial charge in [-0.3, -0.25) is 14.2 Å². The van der Waals surface area contributed by atoms with E-state index in [1.54, 1.807) is 0 Å². The number of nitrogens with zero attached hydrogens (tertiary/aromatic N) is 3. The number of nitrogens with one attached hydrogen (secondary N) is 1. The molecule has 1 amide bonds. The first-order valence-electron chi connectivity index (χ1n) is 12.1. The third kappa shape index (κ3) is 4.67. The number of pyridine rings is 2. The molecule has 2 aliphatic rings. The van der Waals surface area contributed by atoms with Gasteiger partial charge < -0.3 is 15.0 Å². The SMILES string of the molecule is CCC(NC(=O)c1cn(-c2c(F)cc(F)cc2F)c2nc(N3CC4(COC4)C3)c(F)cc2c1=O)C(F)(F)C(F)(F)F. The van der Waals surface area contributed by atoms with E-state index in [1.807, 2.05) is 0 Å². The summed E-state index contributed by atoms with van der Waals surface area (Å²) in [6.45, 7) is 2.36. The number of hydrogen-bond donors (Lipinski definition) is 1. The molecule has 0 aliphatic carbocycles. The number of hydrogen-bond acceptors (Lipinski definition) is 5. The highest BCUT2D eigenvalue weighted by Gasteiger charge is 2.62. The number of amides is 1. The maximum Gasteiger partial charge on any atom is 0.455 e. The van der Waals surface area contributed by atoms with Gasteiger partial charge in [0, 0.05) is 31.4 Å². The van der Waals surface area contributed by atoms with Gasteiger partial charge in [0.05, 0.1) is 24.0 Å². The Labute approximate surface area is 224 Å². The summed E-state index contributed by atoms with van der Waals surface area (Å²) in [6.07, 6.45) is -6.53. The predicted molar refractivity (Wildman–Crippen MR) is 125 cm³/mol. The molecule has 16 heteroatoms.